The average Bonchev–Trinajstić information content (AvgIpc) is 2.77. The predicted octanol–water partition coefficient (Wildman–Crippen LogP) is 2.53. The summed E-state index contributed by atoms with van der Waals surface area (Å²) in [6, 6.07) is 14.8. The largest absolute Gasteiger partial charge is 0.451 e. The summed E-state index contributed by atoms with van der Waals surface area (Å²) in [5, 5.41) is 11.5. The number of carbonyl (C=O) groups excluding carboxylic acids is 2. The standard InChI is InChI=1S/C21H23N3O5S2/c1-15(20(25)23-17-8-6-7-16(13-17)14-22)29-21(26)19(11-12-30-2)24-31(27,28)18-9-4-3-5-10-18/h3-10,13,15,19,24H,11-12H2,1-2H3,(H,23,25). The Bertz CT molecular complexity index is 1050. The number of nitrogens with zero attached hydrogens (tertiary/aromatic N) is 1. The molecule has 2 aromatic carbocycles. The highest BCUT2D eigenvalue weighted by atomic mass is 32.2. The maximum absolute atomic E-state index is 12.6. The summed E-state index contributed by atoms with van der Waals surface area (Å²) < 4.78 is 32.8. The number of esters is 1. The molecule has 0 saturated carbocycles. The highest BCUT2D eigenvalue weighted by molar-refractivity contribution is 7.98. The van der Waals surface area contributed by atoms with E-state index in [1.165, 1.54) is 36.9 Å². The van der Waals surface area contributed by atoms with Crippen LogP contribution in [0.1, 0.15) is 18.9 Å². The number of thioether (sulfide) groups is 1. The maximum Gasteiger partial charge on any atom is 0.324 e. The van der Waals surface area contributed by atoms with E-state index in [9.17, 15) is 18.0 Å². The molecule has 0 heterocycles. The van der Waals surface area contributed by atoms with Gasteiger partial charge in [-0.3, -0.25) is 9.59 Å². The Kier molecular flexibility index (Phi) is 9.05. The van der Waals surface area contributed by atoms with E-state index in [1.807, 2.05) is 12.3 Å². The van der Waals surface area contributed by atoms with Crippen LogP contribution in [-0.2, 0) is 24.3 Å². The molecule has 164 valence electrons. The number of sulfonamides is 1. The van der Waals surface area contributed by atoms with Crippen LogP contribution in [-0.4, -0.2) is 44.4 Å². The van der Waals surface area contributed by atoms with E-state index >= 15 is 0 Å². The zero-order chi connectivity index (χ0) is 22.9. The van der Waals surface area contributed by atoms with Crippen molar-refractivity contribution in [3.05, 3.63) is 60.2 Å². The van der Waals surface area contributed by atoms with E-state index in [0.29, 0.717) is 17.0 Å². The van der Waals surface area contributed by atoms with Gasteiger partial charge in [-0.25, -0.2) is 8.42 Å². The van der Waals surface area contributed by atoms with Gasteiger partial charge < -0.3 is 10.1 Å². The molecule has 2 aromatic rings. The van der Waals surface area contributed by atoms with Crippen LogP contribution in [0, 0.1) is 11.3 Å². The Balaban J connectivity index is 2.06. The number of hydrogen-bond donors (Lipinski definition) is 2. The molecule has 0 aliphatic heterocycles. The minimum atomic E-state index is -3.94. The van der Waals surface area contributed by atoms with Crippen molar-refractivity contribution < 1.29 is 22.7 Å². The minimum Gasteiger partial charge on any atom is -0.451 e. The van der Waals surface area contributed by atoms with Gasteiger partial charge in [0.05, 0.1) is 16.5 Å². The predicted molar refractivity (Wildman–Crippen MR) is 119 cm³/mol. The Morgan fingerprint density at radius 1 is 1.16 bits per heavy atom. The summed E-state index contributed by atoms with van der Waals surface area (Å²) in [5.74, 6) is -0.932. The summed E-state index contributed by atoms with van der Waals surface area (Å²) in [5.41, 5.74) is 0.755. The molecule has 0 aliphatic rings. The summed E-state index contributed by atoms with van der Waals surface area (Å²) in [6.45, 7) is 1.39. The summed E-state index contributed by atoms with van der Waals surface area (Å²) in [6.07, 6.45) is 0.862. The first-order valence-electron chi connectivity index (χ1n) is 9.34. The summed E-state index contributed by atoms with van der Waals surface area (Å²) >= 11 is 1.45. The molecule has 10 heteroatoms. The van der Waals surface area contributed by atoms with Crippen LogP contribution in [0.5, 0.6) is 0 Å². The van der Waals surface area contributed by atoms with Crippen LogP contribution in [0.3, 0.4) is 0 Å². The second kappa shape index (κ2) is 11.5. The minimum absolute atomic E-state index is 0.0279. The first kappa shape index (κ1) is 24.4. The lowest BCUT2D eigenvalue weighted by Gasteiger charge is -2.20. The van der Waals surface area contributed by atoms with E-state index < -0.39 is 34.0 Å². The van der Waals surface area contributed by atoms with E-state index in [1.54, 1.807) is 36.4 Å². The number of nitrogens with one attached hydrogen (secondary N) is 2. The third-order valence-electron chi connectivity index (χ3n) is 4.17. The number of nitriles is 1. The Morgan fingerprint density at radius 3 is 2.52 bits per heavy atom. The smallest absolute Gasteiger partial charge is 0.324 e. The van der Waals surface area contributed by atoms with Crippen molar-refractivity contribution in [1.82, 2.24) is 4.72 Å². The number of rotatable bonds is 10. The van der Waals surface area contributed by atoms with Gasteiger partial charge in [-0.1, -0.05) is 24.3 Å². The van der Waals surface area contributed by atoms with Crippen molar-refractivity contribution in [2.45, 2.75) is 30.4 Å². The number of anilines is 1. The third-order valence-corrected chi connectivity index (χ3v) is 6.30. The lowest BCUT2D eigenvalue weighted by Crippen LogP contribution is -2.44. The van der Waals surface area contributed by atoms with Crippen LogP contribution in [0.15, 0.2) is 59.5 Å². The van der Waals surface area contributed by atoms with E-state index in [0.717, 1.165) is 0 Å². The molecule has 0 saturated heterocycles. The molecule has 0 aromatic heterocycles. The highest BCUT2D eigenvalue weighted by Crippen LogP contribution is 2.14. The Hall–Kier alpha value is -2.87. The molecule has 0 radical (unpaired) electrons. The van der Waals surface area contributed by atoms with Gasteiger partial charge in [0.2, 0.25) is 10.0 Å². The molecular formula is C21H23N3O5S2. The number of ether oxygens (including phenoxy) is 1. The van der Waals surface area contributed by atoms with Crippen LogP contribution in [0.2, 0.25) is 0 Å². The number of amides is 1. The molecule has 2 N–H and O–H groups in total. The molecule has 2 atom stereocenters. The molecule has 0 fully saturated rings. The Morgan fingerprint density at radius 2 is 1.87 bits per heavy atom. The Labute approximate surface area is 186 Å². The lowest BCUT2D eigenvalue weighted by atomic mass is 10.2. The molecule has 0 spiro atoms. The quantitative estimate of drug-likeness (QED) is 0.521. The van der Waals surface area contributed by atoms with E-state index in [2.05, 4.69) is 10.0 Å². The lowest BCUT2D eigenvalue weighted by molar-refractivity contribution is -0.154. The normalized spacial score (nSPS) is 12.9. The van der Waals surface area contributed by atoms with Crippen LogP contribution in [0.25, 0.3) is 0 Å². The van der Waals surface area contributed by atoms with Gasteiger partial charge in [0.25, 0.3) is 5.91 Å². The fourth-order valence-electron chi connectivity index (χ4n) is 2.54. The van der Waals surface area contributed by atoms with Crippen LogP contribution < -0.4 is 10.0 Å². The topological polar surface area (TPSA) is 125 Å². The SMILES string of the molecule is CSCCC(NS(=O)(=O)c1ccccc1)C(=O)OC(C)C(=O)Nc1cccc(C#N)c1. The fraction of sp³-hybridized carbons (Fsp3) is 0.286. The second-order valence-corrected chi connectivity index (χ2v) is 9.23. The molecule has 0 aliphatic carbocycles. The maximum atomic E-state index is 12.6. The molecular weight excluding hydrogens is 438 g/mol. The first-order valence-corrected chi connectivity index (χ1v) is 12.2. The fourth-order valence-corrected chi connectivity index (χ4v) is 4.25. The molecule has 31 heavy (non-hydrogen) atoms. The van der Waals surface area contributed by atoms with Gasteiger partial charge in [-0.05, 0) is 55.7 Å². The first-order chi connectivity index (χ1) is 14.8. The molecule has 2 rings (SSSR count). The molecule has 2 unspecified atom stereocenters. The number of carbonyl (C=O) groups is 2. The highest BCUT2D eigenvalue weighted by Gasteiger charge is 2.29. The number of benzene rings is 2. The van der Waals surface area contributed by atoms with Gasteiger partial charge in [0.15, 0.2) is 6.10 Å². The van der Waals surface area contributed by atoms with Crippen LogP contribution in [0.4, 0.5) is 5.69 Å². The van der Waals surface area contributed by atoms with Gasteiger partial charge in [-0.2, -0.15) is 21.7 Å². The summed E-state index contributed by atoms with van der Waals surface area (Å²) in [7, 11) is -3.94. The van der Waals surface area contributed by atoms with Crippen molar-refractivity contribution in [2.24, 2.45) is 0 Å². The molecule has 0 bridgehead atoms. The van der Waals surface area contributed by atoms with Crippen molar-refractivity contribution in [1.29, 1.82) is 5.26 Å². The average molecular weight is 462 g/mol. The van der Waals surface area contributed by atoms with Crippen molar-refractivity contribution in [3.63, 3.8) is 0 Å². The second-order valence-electron chi connectivity index (χ2n) is 6.53. The third kappa shape index (κ3) is 7.40. The zero-order valence-electron chi connectivity index (χ0n) is 17.1. The van der Waals surface area contributed by atoms with E-state index in [4.69, 9.17) is 10.00 Å². The van der Waals surface area contributed by atoms with E-state index in [-0.39, 0.29) is 11.3 Å². The van der Waals surface area contributed by atoms with Crippen LogP contribution >= 0.6 is 11.8 Å². The van der Waals surface area contributed by atoms with Gasteiger partial charge in [-0.15, -0.1) is 0 Å². The van der Waals surface area contributed by atoms with Crippen molar-refractivity contribution in [2.75, 3.05) is 17.3 Å². The van der Waals surface area contributed by atoms with Gasteiger partial charge >= 0.3 is 5.97 Å². The molecule has 1 amide bonds. The summed E-state index contributed by atoms with van der Waals surface area (Å²) in [4.78, 5) is 25.0. The van der Waals surface area contributed by atoms with Crippen molar-refractivity contribution >= 4 is 39.3 Å². The molecule has 8 nitrogen and oxygen atoms in total. The monoisotopic (exact) mass is 461 g/mol. The zero-order valence-corrected chi connectivity index (χ0v) is 18.7. The van der Waals surface area contributed by atoms with Crippen molar-refractivity contribution in [3.8, 4) is 6.07 Å². The number of hydrogen-bond acceptors (Lipinski definition) is 7. The van der Waals surface area contributed by atoms with Gasteiger partial charge in [0.1, 0.15) is 6.04 Å². The van der Waals surface area contributed by atoms with Gasteiger partial charge in [0, 0.05) is 5.69 Å².